The molecule has 0 aromatic carbocycles. The van der Waals surface area contributed by atoms with Crippen molar-refractivity contribution in [3.63, 3.8) is 0 Å². The Kier molecular flexibility index (Phi) is 4.05. The molecule has 3 nitrogen and oxygen atoms in total. The van der Waals surface area contributed by atoms with Crippen molar-refractivity contribution in [3.05, 3.63) is 0 Å². The monoisotopic (exact) mass is 207 g/mol. The van der Waals surface area contributed by atoms with E-state index in [9.17, 15) is 4.79 Å². The number of ketones is 1. The lowest BCUT2D eigenvalue weighted by Gasteiger charge is -2.18. The molecule has 0 radical (unpaired) electrons. The van der Waals surface area contributed by atoms with E-state index in [2.05, 4.69) is 13.6 Å². The summed E-state index contributed by atoms with van der Waals surface area (Å²) in [6, 6.07) is 0.0537. The third-order valence-electron chi connectivity index (χ3n) is 2.28. The molecule has 0 amide bonds. The van der Waals surface area contributed by atoms with Crippen LogP contribution in [0.2, 0.25) is 0 Å². The van der Waals surface area contributed by atoms with E-state index in [1.54, 1.807) is 6.92 Å². The van der Waals surface area contributed by atoms with Gasteiger partial charge in [-0.05, 0) is 27.7 Å². The lowest BCUT2D eigenvalue weighted by atomic mass is 10.1. The average Bonchev–Trinajstić information content (AvgIpc) is 2.47. The van der Waals surface area contributed by atoms with Crippen LogP contribution in [0.25, 0.3) is 0 Å². The second-order valence-electron chi connectivity index (χ2n) is 3.19. The first kappa shape index (κ1) is 10.5. The van der Waals surface area contributed by atoms with Crippen molar-refractivity contribution in [1.82, 2.24) is 4.67 Å². The maximum absolute atomic E-state index is 11.1. The fourth-order valence-corrected chi connectivity index (χ4v) is 3.27. The number of hydrogen-bond donors (Lipinski definition) is 1. The fourth-order valence-electron chi connectivity index (χ4n) is 1.58. The number of nitrogens with zero attached hydrogens (tertiary/aromatic N) is 1. The molecule has 0 saturated carbocycles. The van der Waals surface area contributed by atoms with Gasteiger partial charge in [0.05, 0.1) is 6.04 Å². The second kappa shape index (κ2) is 4.62. The van der Waals surface area contributed by atoms with Crippen LogP contribution in [0, 0.1) is 5.92 Å². The van der Waals surface area contributed by atoms with Crippen molar-refractivity contribution in [3.8, 4) is 0 Å². The van der Waals surface area contributed by atoms with Crippen LogP contribution in [-0.4, -0.2) is 34.8 Å². The number of hydrogen-bond acceptors (Lipinski definition) is 3. The molecular formula is C7H15NO2P2. The molecule has 1 fully saturated rings. The van der Waals surface area contributed by atoms with E-state index in [-0.39, 0.29) is 18.4 Å². The SMILES string of the molecule is CC(=O)C1CC(CO)CN1PP. The Morgan fingerprint density at radius 2 is 2.50 bits per heavy atom. The van der Waals surface area contributed by atoms with Crippen LogP contribution < -0.4 is 0 Å². The largest absolute Gasteiger partial charge is 0.396 e. The van der Waals surface area contributed by atoms with E-state index in [4.69, 9.17) is 5.11 Å². The van der Waals surface area contributed by atoms with Crippen molar-refractivity contribution < 1.29 is 9.90 Å². The molecule has 0 bridgehead atoms. The molecule has 1 rings (SSSR count). The molecule has 4 unspecified atom stereocenters. The topological polar surface area (TPSA) is 40.5 Å². The molecule has 1 aliphatic heterocycles. The number of carbonyl (C=O) groups is 1. The van der Waals surface area contributed by atoms with E-state index < -0.39 is 0 Å². The zero-order valence-electron chi connectivity index (χ0n) is 7.16. The molecule has 70 valence electrons. The maximum atomic E-state index is 11.1. The normalized spacial score (nSPS) is 31.9. The smallest absolute Gasteiger partial charge is 0.147 e. The van der Waals surface area contributed by atoms with Gasteiger partial charge < -0.3 is 5.11 Å². The minimum absolute atomic E-state index is 0.0537. The summed E-state index contributed by atoms with van der Waals surface area (Å²) in [5.74, 6) is 0.521. The summed E-state index contributed by atoms with van der Waals surface area (Å²) in [4.78, 5) is 11.1. The highest BCUT2D eigenvalue weighted by molar-refractivity contribution is 8.01. The fraction of sp³-hybridized carbons (Fsp3) is 0.857. The molecular weight excluding hydrogens is 192 g/mol. The van der Waals surface area contributed by atoms with E-state index in [0.717, 1.165) is 13.0 Å². The Morgan fingerprint density at radius 3 is 2.83 bits per heavy atom. The first-order valence-corrected chi connectivity index (χ1v) is 6.79. The Balaban J connectivity index is 2.56. The van der Waals surface area contributed by atoms with E-state index in [1.807, 2.05) is 0 Å². The zero-order valence-corrected chi connectivity index (χ0v) is 9.31. The number of aliphatic hydroxyl groups excluding tert-OH is 1. The van der Waals surface area contributed by atoms with Gasteiger partial charge in [0.2, 0.25) is 0 Å². The first-order chi connectivity index (χ1) is 5.69. The molecule has 5 heteroatoms. The van der Waals surface area contributed by atoms with Crippen molar-refractivity contribution in [1.29, 1.82) is 0 Å². The summed E-state index contributed by atoms with van der Waals surface area (Å²) in [5.41, 5.74) is 0. The third kappa shape index (κ3) is 2.23. The van der Waals surface area contributed by atoms with Crippen LogP contribution in [-0.2, 0) is 4.79 Å². The summed E-state index contributed by atoms with van der Waals surface area (Å²) in [5, 5.41) is 8.94. The summed E-state index contributed by atoms with van der Waals surface area (Å²) in [6.45, 7) is 2.69. The van der Waals surface area contributed by atoms with Gasteiger partial charge >= 0.3 is 0 Å². The van der Waals surface area contributed by atoms with Crippen LogP contribution in [0.1, 0.15) is 13.3 Å². The molecule has 1 N–H and O–H groups in total. The maximum Gasteiger partial charge on any atom is 0.147 e. The summed E-state index contributed by atoms with van der Waals surface area (Å²) in [6.07, 6.45) is 0.827. The van der Waals surface area contributed by atoms with Crippen LogP contribution in [0.4, 0.5) is 0 Å². The molecule has 4 atom stereocenters. The molecule has 0 aromatic heterocycles. The average molecular weight is 207 g/mol. The van der Waals surface area contributed by atoms with Crippen LogP contribution in [0.5, 0.6) is 0 Å². The summed E-state index contributed by atoms with van der Waals surface area (Å²) < 4.78 is 2.13. The van der Waals surface area contributed by atoms with Gasteiger partial charge in [0, 0.05) is 13.2 Å². The van der Waals surface area contributed by atoms with Gasteiger partial charge in [-0.1, -0.05) is 8.93 Å². The van der Waals surface area contributed by atoms with Crippen molar-refractivity contribution in [2.45, 2.75) is 19.4 Å². The van der Waals surface area contributed by atoms with Crippen molar-refractivity contribution >= 4 is 23.1 Å². The van der Waals surface area contributed by atoms with E-state index >= 15 is 0 Å². The first-order valence-electron chi connectivity index (χ1n) is 4.03. The van der Waals surface area contributed by atoms with Gasteiger partial charge in [0.25, 0.3) is 0 Å². The third-order valence-corrected chi connectivity index (χ3v) is 4.10. The summed E-state index contributed by atoms with van der Waals surface area (Å²) in [7, 11) is 3.24. The number of rotatable bonds is 3. The van der Waals surface area contributed by atoms with Crippen molar-refractivity contribution in [2.75, 3.05) is 13.2 Å². The highest BCUT2D eigenvalue weighted by atomic mass is 32.0. The highest BCUT2D eigenvalue weighted by Gasteiger charge is 2.33. The molecule has 0 aromatic rings. The lowest BCUT2D eigenvalue weighted by Crippen LogP contribution is -2.27. The standard InChI is InChI=1S/C7H15NO2P2/c1-5(10)7-2-6(4-9)3-8(7)12-11/h6-7,9,12H,2-4,11H2,1H3. The van der Waals surface area contributed by atoms with Gasteiger partial charge in [0.15, 0.2) is 0 Å². The minimum atomic E-state index is 0.0537. The van der Waals surface area contributed by atoms with Gasteiger partial charge in [0.1, 0.15) is 5.78 Å². The van der Waals surface area contributed by atoms with E-state index in [1.165, 1.54) is 0 Å². The Labute approximate surface area is 76.8 Å². The van der Waals surface area contributed by atoms with Gasteiger partial charge in [-0.2, -0.15) is 0 Å². The van der Waals surface area contributed by atoms with Crippen LogP contribution in [0.15, 0.2) is 0 Å². The van der Waals surface area contributed by atoms with Gasteiger partial charge in [-0.15, -0.1) is 0 Å². The van der Waals surface area contributed by atoms with Crippen molar-refractivity contribution in [2.24, 2.45) is 5.92 Å². The van der Waals surface area contributed by atoms with E-state index in [0.29, 0.717) is 14.3 Å². The van der Waals surface area contributed by atoms with Crippen LogP contribution >= 0.6 is 17.3 Å². The predicted octanol–water partition coefficient (Wildman–Crippen LogP) is 0.642. The molecule has 1 saturated heterocycles. The summed E-state index contributed by atoms with van der Waals surface area (Å²) >= 11 is 0. The molecule has 12 heavy (non-hydrogen) atoms. The molecule has 0 spiro atoms. The Morgan fingerprint density at radius 1 is 1.83 bits per heavy atom. The Hall–Kier alpha value is 0.450. The quantitative estimate of drug-likeness (QED) is 0.690. The number of Topliss-reactive ketones (excluding diaryl/α,β-unsaturated/α-hetero) is 1. The number of carbonyl (C=O) groups excluding carboxylic acids is 1. The van der Waals surface area contributed by atoms with Crippen LogP contribution in [0.3, 0.4) is 0 Å². The molecule has 1 heterocycles. The highest BCUT2D eigenvalue weighted by Crippen LogP contribution is 2.37. The van der Waals surface area contributed by atoms with Gasteiger partial charge in [-0.25, -0.2) is 0 Å². The Bertz CT molecular complexity index is 177. The van der Waals surface area contributed by atoms with Gasteiger partial charge in [-0.3, -0.25) is 9.46 Å². The molecule has 1 aliphatic rings. The predicted molar refractivity (Wildman–Crippen MR) is 54.4 cm³/mol. The zero-order chi connectivity index (χ0) is 9.14. The molecule has 0 aliphatic carbocycles. The minimum Gasteiger partial charge on any atom is -0.396 e. The lowest BCUT2D eigenvalue weighted by molar-refractivity contribution is -0.119. The number of aliphatic hydroxyl groups is 1. The second-order valence-corrected chi connectivity index (χ2v) is 4.80.